The number of aromatic amines is 1. The minimum Gasteiger partial charge on any atom is -0.494 e. The maximum absolute atomic E-state index is 10.7. The molecule has 3 aromatic rings. The van der Waals surface area contributed by atoms with E-state index in [1.165, 1.54) is 0 Å². The molecule has 3 heterocycles. The second-order valence-electron chi connectivity index (χ2n) is 7.38. The van der Waals surface area contributed by atoms with Crippen LogP contribution in [-0.2, 0) is 4.84 Å². The predicted molar refractivity (Wildman–Crippen MR) is 137 cm³/mol. The average molecular weight is 541 g/mol. The van der Waals surface area contributed by atoms with Crippen LogP contribution in [-0.4, -0.2) is 65.7 Å². The predicted octanol–water partition coefficient (Wildman–Crippen LogP) is 4.24. The number of halogens is 3. The van der Waals surface area contributed by atoms with Crippen molar-refractivity contribution in [3.05, 3.63) is 58.1 Å². The topological polar surface area (TPSA) is 85.2 Å². The fourth-order valence-corrected chi connectivity index (χ4v) is 4.31. The number of oxime groups is 1. The Labute approximate surface area is 206 Å². The fourth-order valence-electron chi connectivity index (χ4n) is 3.95. The zero-order valence-electron chi connectivity index (χ0n) is 17.2. The van der Waals surface area contributed by atoms with Gasteiger partial charge in [-0.25, -0.2) is 4.99 Å². The van der Waals surface area contributed by atoms with E-state index in [1.54, 1.807) is 0 Å². The first-order valence-electron chi connectivity index (χ1n) is 10.0. The van der Waals surface area contributed by atoms with Crippen molar-refractivity contribution in [3.63, 3.8) is 0 Å². The summed E-state index contributed by atoms with van der Waals surface area (Å²) >= 11 is 3.48. The molecule has 2 aliphatic rings. The van der Waals surface area contributed by atoms with E-state index >= 15 is 0 Å². The standard InChI is InChI=1S/C22H22BrN5O2.2ClH/c23-14-5-6-15-18(13-14)26-22(29)19(15)21-20(16-3-1-2-4-17(16)25-21)27-30-12-11-28-9-7-24-8-10-28;;/h1-6,13,24,26,29H,7-12H2;2*1H. The summed E-state index contributed by atoms with van der Waals surface area (Å²) in [6.45, 7) is 5.40. The third-order valence-corrected chi connectivity index (χ3v) is 5.95. The van der Waals surface area contributed by atoms with Gasteiger partial charge in [0.2, 0.25) is 0 Å². The number of benzene rings is 2. The summed E-state index contributed by atoms with van der Waals surface area (Å²) in [6, 6.07) is 13.7. The van der Waals surface area contributed by atoms with Crippen molar-refractivity contribution in [2.24, 2.45) is 10.1 Å². The van der Waals surface area contributed by atoms with Crippen LogP contribution in [0.3, 0.4) is 0 Å². The number of hydrogen-bond donors (Lipinski definition) is 3. The summed E-state index contributed by atoms with van der Waals surface area (Å²) in [5.74, 6) is 0.0724. The highest BCUT2D eigenvalue weighted by molar-refractivity contribution is 9.10. The summed E-state index contributed by atoms with van der Waals surface area (Å²) in [4.78, 5) is 15.9. The number of rotatable bonds is 5. The van der Waals surface area contributed by atoms with Gasteiger partial charge in [0, 0.05) is 48.1 Å². The summed E-state index contributed by atoms with van der Waals surface area (Å²) in [5, 5.41) is 19.4. The van der Waals surface area contributed by atoms with E-state index in [-0.39, 0.29) is 30.7 Å². The highest BCUT2D eigenvalue weighted by Crippen LogP contribution is 2.36. The van der Waals surface area contributed by atoms with E-state index < -0.39 is 0 Å². The van der Waals surface area contributed by atoms with Gasteiger partial charge in [-0.2, -0.15) is 0 Å². The molecule has 2 aromatic carbocycles. The molecule has 10 heteroatoms. The van der Waals surface area contributed by atoms with Gasteiger partial charge >= 0.3 is 0 Å². The summed E-state index contributed by atoms with van der Waals surface area (Å²) < 4.78 is 0.935. The smallest absolute Gasteiger partial charge is 0.199 e. The molecule has 2 aliphatic heterocycles. The van der Waals surface area contributed by atoms with Crippen molar-refractivity contribution in [2.45, 2.75) is 0 Å². The van der Waals surface area contributed by atoms with Gasteiger partial charge in [-0.05, 0) is 18.2 Å². The third-order valence-electron chi connectivity index (χ3n) is 5.46. The number of para-hydroxylation sites is 1. The molecular formula is C22H24BrCl2N5O2. The van der Waals surface area contributed by atoms with Crippen LogP contribution in [0.25, 0.3) is 10.9 Å². The first kappa shape index (κ1) is 24.5. The molecule has 0 atom stereocenters. The first-order valence-corrected chi connectivity index (χ1v) is 10.8. The quantitative estimate of drug-likeness (QED) is 0.334. The Balaban J connectivity index is 0.00000144. The molecule has 0 radical (unpaired) electrons. The highest BCUT2D eigenvalue weighted by atomic mass is 79.9. The molecule has 0 bridgehead atoms. The summed E-state index contributed by atoms with van der Waals surface area (Å²) in [7, 11) is 0. The van der Waals surface area contributed by atoms with Crippen LogP contribution in [0.1, 0.15) is 11.1 Å². The third kappa shape index (κ3) is 4.79. The minimum absolute atomic E-state index is 0. The van der Waals surface area contributed by atoms with E-state index in [1.807, 2.05) is 42.5 Å². The van der Waals surface area contributed by atoms with E-state index in [4.69, 9.17) is 9.83 Å². The van der Waals surface area contributed by atoms with Gasteiger partial charge < -0.3 is 20.2 Å². The number of H-pyrrole nitrogens is 1. The van der Waals surface area contributed by atoms with Gasteiger partial charge in [-0.3, -0.25) is 4.90 Å². The Hall–Kier alpha value is -2.10. The molecule has 170 valence electrons. The Morgan fingerprint density at radius 3 is 2.72 bits per heavy atom. The number of piperazine rings is 1. The monoisotopic (exact) mass is 539 g/mol. The lowest BCUT2D eigenvalue weighted by Gasteiger charge is -2.26. The molecule has 1 fully saturated rings. The first-order chi connectivity index (χ1) is 14.7. The zero-order chi connectivity index (χ0) is 20.5. The summed E-state index contributed by atoms with van der Waals surface area (Å²) in [5.41, 5.74) is 4.45. The Kier molecular flexibility index (Phi) is 8.19. The van der Waals surface area contributed by atoms with E-state index in [0.717, 1.165) is 59.4 Å². The maximum atomic E-state index is 10.7. The van der Waals surface area contributed by atoms with Gasteiger partial charge in [-0.15, -0.1) is 24.8 Å². The van der Waals surface area contributed by atoms with E-state index in [9.17, 15) is 5.11 Å². The van der Waals surface area contributed by atoms with Gasteiger partial charge in [0.05, 0.1) is 16.8 Å². The normalized spacial score (nSPS) is 16.9. The van der Waals surface area contributed by atoms with Crippen molar-refractivity contribution in [1.29, 1.82) is 0 Å². The van der Waals surface area contributed by atoms with E-state index in [2.05, 4.69) is 36.3 Å². The molecule has 0 amide bonds. The lowest BCUT2D eigenvalue weighted by molar-refractivity contribution is 0.106. The largest absolute Gasteiger partial charge is 0.494 e. The molecule has 7 nitrogen and oxygen atoms in total. The van der Waals surface area contributed by atoms with Gasteiger partial charge in [0.15, 0.2) is 5.88 Å². The fraction of sp³-hybridized carbons (Fsp3) is 0.273. The highest BCUT2D eigenvalue weighted by Gasteiger charge is 2.29. The number of hydrogen-bond acceptors (Lipinski definition) is 6. The number of aromatic hydroxyl groups is 1. The molecule has 32 heavy (non-hydrogen) atoms. The molecule has 1 saturated heterocycles. The van der Waals surface area contributed by atoms with Crippen LogP contribution in [0.2, 0.25) is 0 Å². The Morgan fingerprint density at radius 2 is 1.91 bits per heavy atom. The van der Waals surface area contributed by atoms with Gasteiger partial charge in [0.1, 0.15) is 18.0 Å². The molecule has 5 rings (SSSR count). The maximum Gasteiger partial charge on any atom is 0.199 e. The van der Waals surface area contributed by atoms with Crippen LogP contribution in [0, 0.1) is 0 Å². The van der Waals surface area contributed by atoms with Crippen molar-refractivity contribution < 1.29 is 9.94 Å². The van der Waals surface area contributed by atoms with Crippen molar-refractivity contribution in [1.82, 2.24) is 15.2 Å². The van der Waals surface area contributed by atoms with Crippen molar-refractivity contribution >= 4 is 68.8 Å². The molecule has 0 aliphatic carbocycles. The van der Waals surface area contributed by atoms with E-state index in [0.29, 0.717) is 23.6 Å². The van der Waals surface area contributed by atoms with Crippen LogP contribution < -0.4 is 5.32 Å². The summed E-state index contributed by atoms with van der Waals surface area (Å²) in [6.07, 6.45) is 0. The van der Waals surface area contributed by atoms with Crippen LogP contribution >= 0.6 is 40.7 Å². The second kappa shape index (κ2) is 10.7. The molecule has 0 unspecified atom stereocenters. The number of aromatic nitrogens is 1. The molecule has 0 saturated carbocycles. The lowest BCUT2D eigenvalue weighted by atomic mass is 10.0. The van der Waals surface area contributed by atoms with Gasteiger partial charge in [0.25, 0.3) is 0 Å². The molecule has 1 aromatic heterocycles. The zero-order valence-corrected chi connectivity index (χ0v) is 20.4. The van der Waals surface area contributed by atoms with Crippen molar-refractivity contribution in [2.75, 3.05) is 39.3 Å². The second-order valence-corrected chi connectivity index (χ2v) is 8.30. The SMILES string of the molecule is Cl.Cl.Oc1[nH]c2cc(Br)ccc2c1C1=Nc2ccccc2C1=NOCCN1CCNCC1. The molecule has 3 N–H and O–H groups in total. The molecular weight excluding hydrogens is 517 g/mol. The van der Waals surface area contributed by atoms with Crippen molar-refractivity contribution in [3.8, 4) is 5.88 Å². The Morgan fingerprint density at radius 1 is 1.12 bits per heavy atom. The number of fused-ring (bicyclic) bond motifs is 2. The lowest BCUT2D eigenvalue weighted by Crippen LogP contribution is -2.44. The molecule has 0 spiro atoms. The number of nitrogens with one attached hydrogen (secondary N) is 2. The van der Waals surface area contributed by atoms with Crippen LogP contribution in [0.15, 0.2) is 57.1 Å². The Bertz CT molecular complexity index is 1160. The van der Waals surface area contributed by atoms with Crippen LogP contribution in [0.5, 0.6) is 5.88 Å². The number of aliphatic imine (C=N–C) groups is 1. The average Bonchev–Trinajstić information content (AvgIpc) is 3.27. The van der Waals surface area contributed by atoms with Crippen LogP contribution in [0.4, 0.5) is 5.69 Å². The van der Waals surface area contributed by atoms with Gasteiger partial charge in [-0.1, -0.05) is 45.4 Å². The minimum atomic E-state index is 0. The number of nitrogens with zero attached hydrogens (tertiary/aromatic N) is 3.